The molecule has 2 unspecified atom stereocenters. The summed E-state index contributed by atoms with van der Waals surface area (Å²) in [6, 6.07) is 1.75. The first-order valence-electron chi connectivity index (χ1n) is 13.6. The first kappa shape index (κ1) is 83.1. The van der Waals surface area contributed by atoms with E-state index in [1.54, 1.807) is 10.2 Å². The van der Waals surface area contributed by atoms with Crippen LogP contribution in [0.4, 0.5) is 7.77 Å². The second-order valence-corrected chi connectivity index (χ2v) is 21.3. The van der Waals surface area contributed by atoms with Crippen molar-refractivity contribution in [3.05, 3.63) is 4.13 Å². The van der Waals surface area contributed by atoms with Crippen LogP contribution >= 0.6 is 32.8 Å². The Hall–Kier alpha value is 2.29. The molecular weight excluding hydrogens is 981 g/mol. The molecule has 328 valence electrons. The minimum atomic E-state index is -5.27. The number of rotatable bonds is 13. The van der Waals surface area contributed by atoms with Crippen LogP contribution in [0.2, 0.25) is 0 Å². The summed E-state index contributed by atoms with van der Waals surface area (Å²) in [5.41, 5.74) is 0. The van der Waals surface area contributed by atoms with Crippen molar-refractivity contribution in [3.63, 3.8) is 0 Å². The Balaban J connectivity index is -0.0000000440. The van der Waals surface area contributed by atoms with E-state index in [1.807, 2.05) is 5.83 Å². The molecule has 2 atom stereocenters. The molecule has 0 radical (unpaired) electrons. The molecule has 28 heteroatoms. The Bertz CT molecular complexity index is 1120. The molecular formula is C25H73Br2F2KN9O8P2S4+. The van der Waals surface area contributed by atoms with Crippen molar-refractivity contribution in [2.75, 3.05) is 144 Å². The Labute approximate surface area is 391 Å². The molecule has 0 rings (SSSR count). The summed E-state index contributed by atoms with van der Waals surface area (Å²) in [4.78, 5) is 8.78. The number of likely N-dealkylation sites (N-methyl/N-ethyl adjacent to an activating group) is 6. The van der Waals surface area contributed by atoms with Gasteiger partial charge in [-0.15, -0.1) is 3.89 Å². The molecule has 0 spiro atoms. The third-order valence-electron chi connectivity index (χ3n) is 3.84. The van der Waals surface area contributed by atoms with Gasteiger partial charge in [0.25, 0.3) is 0 Å². The minimum Gasteiger partial charge on any atom is -1.00 e. The zero-order valence-electron chi connectivity index (χ0n) is 33.4. The fourth-order valence-electron chi connectivity index (χ4n) is 1.66. The largest absolute Gasteiger partial charge is 1.00 e. The number of halogens is 4. The Morgan fingerprint density at radius 3 is 0.906 bits per heavy atom. The van der Waals surface area contributed by atoms with Gasteiger partial charge in [0.1, 0.15) is 0 Å². The van der Waals surface area contributed by atoms with Crippen molar-refractivity contribution in [1.82, 2.24) is 23.7 Å². The SMILES string of the molecule is C.C.CBr.CC#N.CN(C)CCN(C)C.CN(C)CC[N+](C)(C)C.CN(C)CC[N+](C)(C)C.O=S(=O)(F)NS(=O)(=O)P.O=S(=O)(F)[N-]S(=O)(=O)P.[Br-].[K+]. The van der Waals surface area contributed by atoms with Crippen LogP contribution in [0.3, 0.4) is 0 Å². The van der Waals surface area contributed by atoms with Crippen molar-refractivity contribution in [2.45, 2.75) is 21.8 Å². The normalized spacial score (nSPS) is 10.9. The molecule has 0 heterocycles. The van der Waals surface area contributed by atoms with Crippen molar-refractivity contribution >= 4 is 72.9 Å². The first-order valence-corrected chi connectivity index (χ1v) is 23.8. The molecule has 0 fully saturated rings. The van der Waals surface area contributed by atoms with Crippen LogP contribution in [0.15, 0.2) is 0 Å². The molecule has 0 aromatic heterocycles. The van der Waals surface area contributed by atoms with Crippen LogP contribution in [0.25, 0.3) is 4.13 Å². The predicted octanol–water partition coefficient (Wildman–Crippen LogP) is -3.96. The maximum Gasteiger partial charge on any atom is 1.00 e. The van der Waals surface area contributed by atoms with Crippen LogP contribution in [-0.4, -0.2) is 206 Å². The summed E-state index contributed by atoms with van der Waals surface area (Å²) >= 11 is 2.94. The van der Waals surface area contributed by atoms with Gasteiger partial charge in [0.2, 0.25) is 20.1 Å². The first-order chi connectivity index (χ1) is 21.3. The quantitative estimate of drug-likeness (QED) is 0.0618. The van der Waals surface area contributed by atoms with Gasteiger partial charge in [-0.3, -0.25) is 0 Å². The van der Waals surface area contributed by atoms with Gasteiger partial charge in [-0.2, -0.15) is 13.7 Å². The summed E-state index contributed by atoms with van der Waals surface area (Å²) in [5.74, 6) is 1.81. The number of nitrogens with one attached hydrogen (secondary N) is 1. The zero-order chi connectivity index (χ0) is 41.7. The fraction of sp³-hybridized carbons (Fsp3) is 0.960. The smallest absolute Gasteiger partial charge is 1.00 e. The molecule has 0 aliphatic rings. The number of nitriles is 1. The van der Waals surface area contributed by atoms with Crippen LogP contribution in [0, 0.1) is 11.3 Å². The molecule has 0 aliphatic carbocycles. The molecule has 0 saturated heterocycles. The fourth-order valence-corrected chi connectivity index (χ4v) is 5.73. The van der Waals surface area contributed by atoms with Crippen molar-refractivity contribution in [2.24, 2.45) is 0 Å². The molecule has 17 nitrogen and oxygen atoms in total. The molecule has 53 heavy (non-hydrogen) atoms. The molecule has 0 aliphatic heterocycles. The predicted molar refractivity (Wildman–Crippen MR) is 223 cm³/mol. The summed E-state index contributed by atoms with van der Waals surface area (Å²) < 4.78 is 104. The Morgan fingerprint density at radius 2 is 0.868 bits per heavy atom. The molecule has 0 aromatic rings. The van der Waals surface area contributed by atoms with Gasteiger partial charge in [0, 0.05) is 41.5 Å². The molecule has 1 N–H and O–H groups in total. The second-order valence-electron chi connectivity index (χ2n) is 12.5. The maximum absolute atomic E-state index is 11.4. The van der Waals surface area contributed by atoms with Crippen LogP contribution in [0.5, 0.6) is 0 Å². The minimum absolute atomic E-state index is 0. The number of alkyl halides is 1. The number of hydrogen-bond donors (Lipinski definition) is 1. The van der Waals surface area contributed by atoms with E-state index >= 15 is 0 Å². The van der Waals surface area contributed by atoms with E-state index in [9.17, 15) is 41.4 Å². The van der Waals surface area contributed by atoms with Crippen LogP contribution < -0.4 is 72.5 Å². The van der Waals surface area contributed by atoms with Crippen LogP contribution in [0.1, 0.15) is 21.8 Å². The van der Waals surface area contributed by atoms with E-state index in [2.05, 4.69) is 134 Å². The van der Waals surface area contributed by atoms with E-state index in [-0.39, 0.29) is 83.2 Å². The molecule has 0 bridgehead atoms. The summed E-state index contributed by atoms with van der Waals surface area (Å²) in [7, 11) is 13.5. The Morgan fingerprint density at radius 1 is 0.660 bits per heavy atom. The second kappa shape index (κ2) is 43.9. The van der Waals surface area contributed by atoms with Crippen molar-refractivity contribution in [1.29, 1.82) is 5.26 Å². The van der Waals surface area contributed by atoms with Gasteiger partial charge >= 0.3 is 61.8 Å². The van der Waals surface area contributed by atoms with Gasteiger partial charge in [-0.25, -0.2) is 25.3 Å². The number of hydrogen-bond acceptors (Lipinski definition) is 13. The third kappa shape index (κ3) is 152. The topological polar surface area (TPSA) is 199 Å². The van der Waals surface area contributed by atoms with E-state index in [4.69, 9.17) is 5.26 Å². The third-order valence-corrected chi connectivity index (χ3v) is 8.75. The van der Waals surface area contributed by atoms with E-state index < -0.39 is 40.1 Å². The molecule has 0 aromatic carbocycles. The average Bonchev–Trinajstić information content (AvgIpc) is 2.78. The van der Waals surface area contributed by atoms with E-state index in [0.29, 0.717) is 4.13 Å². The Kier molecular flexibility index (Phi) is 68.7. The van der Waals surface area contributed by atoms with E-state index in [0.717, 1.165) is 38.9 Å². The summed E-state index contributed by atoms with van der Waals surface area (Å²) in [5, 5.41) is 7.32. The van der Waals surface area contributed by atoms with Gasteiger partial charge in [-0.05, 0) is 70.7 Å². The van der Waals surface area contributed by atoms with Gasteiger partial charge in [0.15, 0.2) is 0 Å². The molecule has 0 saturated carbocycles. The summed E-state index contributed by atoms with van der Waals surface area (Å²) in [6.07, 6.45) is 0. The van der Waals surface area contributed by atoms with Crippen LogP contribution in [-0.2, 0) is 40.1 Å². The standard InChI is InChI=1S/2C7H19N2.C6H16N2.C2H3N.CH3Br.2CH4.BrH.FH3NO4PS2.FH2NO4PS2.K/c2*1-8(2)6-7-9(3,4)5;1-7(2)5-6-8(3)4;1-2-3;1-2;;;;2*1-8(3,4)2-9(5,6)7;/h2*6-7H2,1-5H3;5-6H2,1-4H3;1H3;1H3;2*1H4;1H;2H,7H2;7H2;/q2*+1;;;;;;;;-1;+1/p-1. The zero-order valence-corrected chi connectivity index (χ0v) is 45.3. The number of nitrogens with zero attached hydrogens (tertiary/aromatic N) is 8. The van der Waals surface area contributed by atoms with Gasteiger partial charge in [0.05, 0.1) is 71.1 Å². The van der Waals surface area contributed by atoms with Crippen molar-refractivity contribution in [3.8, 4) is 6.07 Å². The summed E-state index contributed by atoms with van der Waals surface area (Å²) in [6.45, 7) is 8.49. The molecule has 0 amide bonds. The van der Waals surface area contributed by atoms with Gasteiger partial charge in [-0.1, -0.05) is 38.8 Å². The number of quaternary nitrogens is 2. The maximum atomic E-state index is 11.4. The van der Waals surface area contributed by atoms with Crippen molar-refractivity contribution < 1.29 is 119 Å². The average molecular weight is 1060 g/mol. The van der Waals surface area contributed by atoms with E-state index in [1.165, 1.54) is 33.1 Å². The monoisotopic (exact) mass is 1050 g/mol. The van der Waals surface area contributed by atoms with Gasteiger partial charge < -0.3 is 49.7 Å².